The van der Waals surface area contributed by atoms with Crippen LogP contribution in [0, 0.1) is 13.8 Å². The summed E-state index contributed by atoms with van der Waals surface area (Å²) in [7, 11) is 2.98. The summed E-state index contributed by atoms with van der Waals surface area (Å²) in [6, 6.07) is 0. The van der Waals surface area contributed by atoms with Gasteiger partial charge in [-0.1, -0.05) is 0 Å². The largest absolute Gasteiger partial charge is 0.481 e. The summed E-state index contributed by atoms with van der Waals surface area (Å²) >= 11 is 0. The van der Waals surface area contributed by atoms with Gasteiger partial charge in [-0.2, -0.15) is 0 Å². The van der Waals surface area contributed by atoms with Crippen molar-refractivity contribution in [1.82, 2.24) is 14.1 Å². The van der Waals surface area contributed by atoms with Crippen molar-refractivity contribution in [3.8, 4) is 0 Å². The zero-order valence-corrected chi connectivity index (χ0v) is 12.4. The highest BCUT2D eigenvalue weighted by molar-refractivity contribution is 5.80. The minimum absolute atomic E-state index is 0.0268. The number of hydrogen-bond acceptors (Lipinski definition) is 4. The Balaban J connectivity index is 2.86. The smallest absolute Gasteiger partial charge is 0.332 e. The summed E-state index contributed by atoms with van der Waals surface area (Å²) in [4.78, 5) is 39.3. The van der Waals surface area contributed by atoms with Crippen molar-refractivity contribution in [1.29, 1.82) is 0 Å². The molecule has 112 valence electrons. The molecule has 0 aliphatic heterocycles. The maximum atomic E-state index is 12.3. The fourth-order valence-electron chi connectivity index (χ4n) is 2.54. The predicted octanol–water partition coefficient (Wildman–Crippen LogP) is 0.266. The van der Waals surface area contributed by atoms with E-state index in [1.165, 1.54) is 11.6 Å². The highest BCUT2D eigenvalue weighted by Crippen LogP contribution is 2.20. The fraction of sp³-hybridized carbons (Fsp3) is 0.429. The number of pyridine rings is 1. The molecule has 2 heterocycles. The lowest BCUT2D eigenvalue weighted by Gasteiger charge is -2.14. The van der Waals surface area contributed by atoms with Crippen molar-refractivity contribution < 1.29 is 9.90 Å². The second-order valence-corrected chi connectivity index (χ2v) is 5.10. The molecule has 2 rings (SSSR count). The van der Waals surface area contributed by atoms with E-state index in [1.807, 2.05) is 0 Å². The minimum atomic E-state index is -0.901. The average molecular weight is 291 g/mol. The van der Waals surface area contributed by atoms with Gasteiger partial charge in [0, 0.05) is 26.2 Å². The Morgan fingerprint density at radius 1 is 1.19 bits per heavy atom. The Morgan fingerprint density at radius 3 is 2.38 bits per heavy atom. The summed E-state index contributed by atoms with van der Waals surface area (Å²) < 4.78 is 2.37. The molecule has 0 amide bonds. The Hall–Kier alpha value is -2.44. The van der Waals surface area contributed by atoms with E-state index in [9.17, 15) is 14.4 Å². The number of nitrogens with zero attached hydrogens (tertiary/aromatic N) is 3. The quantitative estimate of drug-likeness (QED) is 0.875. The van der Waals surface area contributed by atoms with Gasteiger partial charge in [-0.15, -0.1) is 0 Å². The van der Waals surface area contributed by atoms with Crippen molar-refractivity contribution in [2.24, 2.45) is 14.1 Å². The van der Waals surface area contributed by atoms with Gasteiger partial charge in [0.15, 0.2) is 0 Å². The van der Waals surface area contributed by atoms with E-state index >= 15 is 0 Å². The molecule has 7 nitrogen and oxygen atoms in total. The number of aryl methyl sites for hydroxylation is 3. The number of carbonyl (C=O) groups is 1. The van der Waals surface area contributed by atoms with Crippen molar-refractivity contribution >= 4 is 17.0 Å². The Kier molecular flexibility index (Phi) is 3.67. The van der Waals surface area contributed by atoms with Crippen LogP contribution in [0.1, 0.15) is 23.2 Å². The van der Waals surface area contributed by atoms with Crippen molar-refractivity contribution in [2.45, 2.75) is 26.7 Å². The zero-order valence-electron chi connectivity index (χ0n) is 12.4. The average Bonchev–Trinajstić information content (AvgIpc) is 2.41. The second-order valence-electron chi connectivity index (χ2n) is 5.10. The molecule has 0 radical (unpaired) electrons. The number of hydrogen-bond donors (Lipinski definition) is 1. The van der Waals surface area contributed by atoms with Crippen LogP contribution in [-0.4, -0.2) is 25.2 Å². The first-order valence-corrected chi connectivity index (χ1v) is 6.53. The number of carboxylic acids is 1. The van der Waals surface area contributed by atoms with E-state index in [-0.39, 0.29) is 6.42 Å². The summed E-state index contributed by atoms with van der Waals surface area (Å²) in [5.41, 5.74) is 1.57. The molecule has 0 aromatic carbocycles. The predicted molar refractivity (Wildman–Crippen MR) is 77.7 cm³/mol. The molecule has 0 atom stereocenters. The first-order chi connectivity index (χ1) is 9.75. The molecule has 0 aliphatic carbocycles. The van der Waals surface area contributed by atoms with Crippen LogP contribution in [0.15, 0.2) is 9.59 Å². The first kappa shape index (κ1) is 15.0. The normalized spacial score (nSPS) is 11.0. The van der Waals surface area contributed by atoms with Gasteiger partial charge in [0.2, 0.25) is 0 Å². The number of aromatic nitrogens is 3. The second kappa shape index (κ2) is 5.16. The van der Waals surface area contributed by atoms with Crippen molar-refractivity contribution in [2.75, 3.05) is 0 Å². The number of fused-ring (bicyclic) bond motifs is 1. The van der Waals surface area contributed by atoms with Gasteiger partial charge in [0.05, 0.1) is 5.39 Å². The molecule has 7 heteroatoms. The molecule has 0 bridgehead atoms. The third-order valence-electron chi connectivity index (χ3n) is 3.76. The third kappa shape index (κ3) is 2.35. The molecular formula is C14H17N3O4. The van der Waals surface area contributed by atoms with E-state index in [0.29, 0.717) is 28.7 Å². The maximum absolute atomic E-state index is 12.3. The van der Waals surface area contributed by atoms with Gasteiger partial charge < -0.3 is 5.11 Å². The molecule has 0 saturated heterocycles. The van der Waals surface area contributed by atoms with Crippen LogP contribution in [0.25, 0.3) is 11.0 Å². The SMILES string of the molecule is Cc1nc2c(c(C)c1CCC(=O)O)c(=O)n(C)c(=O)n2C. The Bertz CT molecular complexity index is 861. The van der Waals surface area contributed by atoms with Gasteiger partial charge in [0.25, 0.3) is 5.56 Å². The van der Waals surface area contributed by atoms with Gasteiger partial charge in [-0.05, 0) is 31.4 Å². The van der Waals surface area contributed by atoms with Gasteiger partial charge in [0.1, 0.15) is 5.65 Å². The topological polar surface area (TPSA) is 94.2 Å². The van der Waals surface area contributed by atoms with E-state index in [2.05, 4.69) is 4.98 Å². The molecule has 0 fully saturated rings. The zero-order chi connectivity index (χ0) is 15.9. The lowest BCUT2D eigenvalue weighted by molar-refractivity contribution is -0.136. The molecule has 0 aliphatic rings. The molecule has 2 aromatic rings. The first-order valence-electron chi connectivity index (χ1n) is 6.53. The molecule has 1 N–H and O–H groups in total. The lowest BCUT2D eigenvalue weighted by Crippen LogP contribution is -2.38. The van der Waals surface area contributed by atoms with E-state index in [1.54, 1.807) is 20.9 Å². The van der Waals surface area contributed by atoms with Gasteiger partial charge in [-0.25, -0.2) is 9.78 Å². The van der Waals surface area contributed by atoms with Crippen LogP contribution in [0.3, 0.4) is 0 Å². The third-order valence-corrected chi connectivity index (χ3v) is 3.76. The maximum Gasteiger partial charge on any atom is 0.332 e. The molecule has 0 spiro atoms. The fourth-order valence-corrected chi connectivity index (χ4v) is 2.54. The van der Waals surface area contributed by atoms with Crippen LogP contribution in [0.5, 0.6) is 0 Å². The Labute approximate surface area is 120 Å². The summed E-state index contributed by atoms with van der Waals surface area (Å²) in [5, 5.41) is 9.18. The Morgan fingerprint density at radius 2 is 1.81 bits per heavy atom. The van der Waals surface area contributed by atoms with Gasteiger partial charge >= 0.3 is 11.7 Å². The lowest BCUT2D eigenvalue weighted by atomic mass is 10.00. The van der Waals surface area contributed by atoms with E-state index in [4.69, 9.17) is 5.11 Å². The molecule has 0 unspecified atom stereocenters. The summed E-state index contributed by atoms with van der Waals surface area (Å²) in [6.45, 7) is 3.52. The molecule has 2 aromatic heterocycles. The standard InChI is InChI=1S/C14H17N3O4/c1-7-9(5-6-10(18)19)8(2)15-12-11(7)13(20)17(4)14(21)16(12)3/h5-6H2,1-4H3,(H,18,19). The number of aliphatic carboxylic acids is 1. The summed E-state index contributed by atoms with van der Waals surface area (Å²) in [5.74, 6) is -0.901. The molecule has 0 saturated carbocycles. The van der Waals surface area contributed by atoms with Crippen LogP contribution >= 0.6 is 0 Å². The summed E-state index contributed by atoms with van der Waals surface area (Å²) in [6.07, 6.45) is 0.281. The highest BCUT2D eigenvalue weighted by Gasteiger charge is 2.17. The van der Waals surface area contributed by atoms with Crippen LogP contribution in [-0.2, 0) is 25.3 Å². The van der Waals surface area contributed by atoms with Crippen LogP contribution in [0.2, 0.25) is 0 Å². The van der Waals surface area contributed by atoms with Crippen LogP contribution < -0.4 is 11.2 Å². The number of carboxylic acid groups (broad SMARTS) is 1. The van der Waals surface area contributed by atoms with Crippen LogP contribution in [0.4, 0.5) is 0 Å². The van der Waals surface area contributed by atoms with E-state index in [0.717, 1.165) is 10.1 Å². The van der Waals surface area contributed by atoms with Gasteiger partial charge in [-0.3, -0.25) is 18.7 Å². The number of rotatable bonds is 3. The molecular weight excluding hydrogens is 274 g/mol. The molecule has 21 heavy (non-hydrogen) atoms. The van der Waals surface area contributed by atoms with Crippen molar-refractivity contribution in [3.05, 3.63) is 37.7 Å². The highest BCUT2D eigenvalue weighted by atomic mass is 16.4. The van der Waals surface area contributed by atoms with Crippen molar-refractivity contribution in [3.63, 3.8) is 0 Å². The van der Waals surface area contributed by atoms with E-state index < -0.39 is 17.2 Å². The monoisotopic (exact) mass is 291 g/mol. The minimum Gasteiger partial charge on any atom is -0.481 e.